The monoisotopic (exact) mass is 285 g/mol. The maximum absolute atomic E-state index is 12.4. The van der Waals surface area contributed by atoms with Crippen LogP contribution in [0.4, 0.5) is 11.4 Å². The van der Waals surface area contributed by atoms with Crippen molar-refractivity contribution in [1.82, 2.24) is 4.31 Å². The molecule has 0 aromatic heterocycles. The number of nitro benzene ring substituents is 1. The minimum Gasteiger partial charge on any atom is -0.397 e. The van der Waals surface area contributed by atoms with Gasteiger partial charge in [0.2, 0.25) is 10.0 Å². The van der Waals surface area contributed by atoms with E-state index in [1.807, 2.05) is 0 Å². The van der Waals surface area contributed by atoms with Crippen LogP contribution in [0.15, 0.2) is 23.1 Å². The van der Waals surface area contributed by atoms with E-state index in [2.05, 4.69) is 0 Å². The zero-order valence-electron chi connectivity index (χ0n) is 10.4. The number of benzene rings is 1. The molecule has 2 N–H and O–H groups in total. The van der Waals surface area contributed by atoms with Crippen LogP contribution in [-0.2, 0) is 10.0 Å². The predicted octanol–water partition coefficient (Wildman–Crippen LogP) is 1.35. The molecule has 1 aromatic carbocycles. The van der Waals surface area contributed by atoms with Crippen LogP contribution >= 0.6 is 0 Å². The van der Waals surface area contributed by atoms with Gasteiger partial charge in [-0.1, -0.05) is 6.92 Å². The molecular formula is C11H15N3O4S. The van der Waals surface area contributed by atoms with Gasteiger partial charge in [0.1, 0.15) is 4.90 Å². The van der Waals surface area contributed by atoms with Crippen LogP contribution in [0.25, 0.3) is 0 Å². The zero-order chi connectivity index (χ0) is 14.2. The van der Waals surface area contributed by atoms with Crippen LogP contribution in [0.3, 0.4) is 0 Å². The van der Waals surface area contributed by atoms with E-state index in [4.69, 9.17) is 5.73 Å². The number of rotatable bonds is 5. The number of nitrogens with zero attached hydrogens (tertiary/aromatic N) is 2. The molecule has 19 heavy (non-hydrogen) atoms. The summed E-state index contributed by atoms with van der Waals surface area (Å²) in [4.78, 5) is 9.94. The molecule has 1 aromatic rings. The van der Waals surface area contributed by atoms with Gasteiger partial charge in [-0.25, -0.2) is 8.42 Å². The van der Waals surface area contributed by atoms with Crippen molar-refractivity contribution in [2.45, 2.75) is 30.7 Å². The maximum atomic E-state index is 12.4. The van der Waals surface area contributed by atoms with Gasteiger partial charge in [0, 0.05) is 24.7 Å². The molecule has 0 saturated heterocycles. The second-order valence-electron chi connectivity index (χ2n) is 4.42. The van der Waals surface area contributed by atoms with Crippen LogP contribution in [0, 0.1) is 10.1 Å². The first-order valence-electron chi connectivity index (χ1n) is 5.93. The molecule has 1 aliphatic rings. The predicted molar refractivity (Wildman–Crippen MR) is 70.1 cm³/mol. The van der Waals surface area contributed by atoms with Gasteiger partial charge < -0.3 is 5.73 Å². The molecule has 1 saturated carbocycles. The van der Waals surface area contributed by atoms with Crippen LogP contribution < -0.4 is 5.73 Å². The molecule has 1 fully saturated rings. The number of sulfonamides is 1. The van der Waals surface area contributed by atoms with Gasteiger partial charge in [0.25, 0.3) is 5.69 Å². The summed E-state index contributed by atoms with van der Waals surface area (Å²) in [5.41, 5.74) is 5.34. The summed E-state index contributed by atoms with van der Waals surface area (Å²) in [5.74, 6) is 0. The fourth-order valence-corrected chi connectivity index (χ4v) is 3.79. The lowest BCUT2D eigenvalue weighted by molar-refractivity contribution is -0.384. The summed E-state index contributed by atoms with van der Waals surface area (Å²) < 4.78 is 26.2. The zero-order valence-corrected chi connectivity index (χ0v) is 11.3. The standard InChI is InChI=1S/C11H15N3O4S/c1-2-13(8-3-4-8)19(17,18)11-6-5-9(14(15)16)7-10(11)12/h5-8H,2-4,12H2,1H3. The molecule has 0 spiro atoms. The highest BCUT2D eigenvalue weighted by Crippen LogP contribution is 2.34. The Morgan fingerprint density at radius 3 is 2.53 bits per heavy atom. The van der Waals surface area contributed by atoms with E-state index in [1.165, 1.54) is 10.4 Å². The minimum atomic E-state index is -3.68. The Hall–Kier alpha value is -1.67. The molecule has 2 rings (SSSR count). The molecule has 7 nitrogen and oxygen atoms in total. The van der Waals surface area contributed by atoms with Crippen LogP contribution in [-0.4, -0.2) is 30.2 Å². The van der Waals surface area contributed by atoms with Gasteiger partial charge in [-0.05, 0) is 18.9 Å². The van der Waals surface area contributed by atoms with E-state index >= 15 is 0 Å². The molecule has 0 unspecified atom stereocenters. The van der Waals surface area contributed by atoms with E-state index in [9.17, 15) is 18.5 Å². The number of hydrogen-bond donors (Lipinski definition) is 1. The highest BCUT2D eigenvalue weighted by molar-refractivity contribution is 7.89. The van der Waals surface area contributed by atoms with Crippen molar-refractivity contribution in [2.75, 3.05) is 12.3 Å². The van der Waals surface area contributed by atoms with E-state index < -0.39 is 14.9 Å². The van der Waals surface area contributed by atoms with Crippen molar-refractivity contribution in [3.05, 3.63) is 28.3 Å². The molecule has 0 amide bonds. The average Bonchev–Trinajstić information content (AvgIpc) is 3.13. The summed E-state index contributed by atoms with van der Waals surface area (Å²) in [6.45, 7) is 2.13. The van der Waals surface area contributed by atoms with Crippen molar-refractivity contribution in [2.24, 2.45) is 0 Å². The van der Waals surface area contributed by atoms with E-state index in [0.717, 1.165) is 25.0 Å². The molecule has 0 heterocycles. The molecule has 0 atom stereocenters. The summed E-state index contributed by atoms with van der Waals surface area (Å²) in [6, 6.07) is 3.47. The summed E-state index contributed by atoms with van der Waals surface area (Å²) in [7, 11) is -3.68. The largest absolute Gasteiger partial charge is 0.397 e. The van der Waals surface area contributed by atoms with Crippen LogP contribution in [0.5, 0.6) is 0 Å². The molecule has 104 valence electrons. The van der Waals surface area contributed by atoms with Gasteiger partial charge in [-0.2, -0.15) is 4.31 Å². The molecule has 8 heteroatoms. The van der Waals surface area contributed by atoms with Crippen molar-refractivity contribution in [1.29, 1.82) is 0 Å². The fourth-order valence-electron chi connectivity index (χ4n) is 2.00. The minimum absolute atomic E-state index is 0.0320. The Balaban J connectivity index is 2.43. The quantitative estimate of drug-likeness (QED) is 0.499. The summed E-state index contributed by atoms with van der Waals surface area (Å²) >= 11 is 0. The maximum Gasteiger partial charge on any atom is 0.271 e. The number of non-ortho nitro benzene ring substituents is 1. The van der Waals surface area contributed by atoms with Crippen molar-refractivity contribution >= 4 is 21.4 Å². The molecular weight excluding hydrogens is 270 g/mol. The fraction of sp³-hybridized carbons (Fsp3) is 0.455. The lowest BCUT2D eigenvalue weighted by Gasteiger charge is -2.20. The Morgan fingerprint density at radius 2 is 2.11 bits per heavy atom. The van der Waals surface area contributed by atoms with E-state index in [1.54, 1.807) is 6.92 Å². The third-order valence-electron chi connectivity index (χ3n) is 3.06. The van der Waals surface area contributed by atoms with E-state index in [-0.39, 0.29) is 22.3 Å². The highest BCUT2D eigenvalue weighted by Gasteiger charge is 2.37. The molecule has 0 bridgehead atoms. The van der Waals surface area contributed by atoms with Gasteiger partial charge in [0.05, 0.1) is 10.6 Å². The first kappa shape index (κ1) is 13.8. The van der Waals surface area contributed by atoms with Gasteiger partial charge >= 0.3 is 0 Å². The normalized spacial score (nSPS) is 15.7. The summed E-state index contributed by atoms with van der Waals surface area (Å²) in [5, 5.41) is 10.6. The lowest BCUT2D eigenvalue weighted by Crippen LogP contribution is -2.33. The van der Waals surface area contributed by atoms with Crippen molar-refractivity contribution in [3.8, 4) is 0 Å². The number of anilines is 1. The van der Waals surface area contributed by atoms with Gasteiger partial charge in [-0.15, -0.1) is 0 Å². The SMILES string of the molecule is CCN(C1CC1)S(=O)(=O)c1ccc([N+](=O)[O-])cc1N. The molecule has 0 radical (unpaired) electrons. The van der Waals surface area contributed by atoms with Gasteiger partial charge in [0.15, 0.2) is 0 Å². The average molecular weight is 285 g/mol. The van der Waals surface area contributed by atoms with Gasteiger partial charge in [-0.3, -0.25) is 10.1 Å². The number of nitro groups is 1. The third-order valence-corrected chi connectivity index (χ3v) is 5.16. The lowest BCUT2D eigenvalue weighted by atomic mass is 10.3. The van der Waals surface area contributed by atoms with Crippen molar-refractivity contribution in [3.63, 3.8) is 0 Å². The first-order chi connectivity index (χ1) is 8.87. The second-order valence-corrected chi connectivity index (χ2v) is 6.28. The Bertz CT molecular complexity index is 610. The molecule has 0 aliphatic heterocycles. The number of nitrogen functional groups attached to an aromatic ring is 1. The molecule has 1 aliphatic carbocycles. The van der Waals surface area contributed by atoms with E-state index in [0.29, 0.717) is 6.54 Å². The Labute approximate surface area is 111 Å². The Morgan fingerprint density at radius 1 is 1.47 bits per heavy atom. The van der Waals surface area contributed by atoms with Crippen LogP contribution in [0.1, 0.15) is 19.8 Å². The second kappa shape index (κ2) is 4.78. The summed E-state index contributed by atoms with van der Waals surface area (Å²) in [6.07, 6.45) is 1.69. The smallest absolute Gasteiger partial charge is 0.271 e. The number of hydrogen-bond acceptors (Lipinski definition) is 5. The highest BCUT2D eigenvalue weighted by atomic mass is 32.2. The Kier molecular flexibility index (Phi) is 3.46. The number of nitrogens with two attached hydrogens (primary N) is 1. The first-order valence-corrected chi connectivity index (χ1v) is 7.37. The topological polar surface area (TPSA) is 107 Å². The third kappa shape index (κ3) is 2.54. The van der Waals surface area contributed by atoms with Crippen molar-refractivity contribution < 1.29 is 13.3 Å². The van der Waals surface area contributed by atoms with Crippen LogP contribution in [0.2, 0.25) is 0 Å².